The summed E-state index contributed by atoms with van der Waals surface area (Å²) in [6.07, 6.45) is 0. The number of hydrogen-bond donors (Lipinski definition) is 0. The fourth-order valence-corrected chi connectivity index (χ4v) is 0.633. The molecule has 0 amide bonds. The molecule has 1 rings (SSSR count). The third-order valence-electron chi connectivity index (χ3n) is 0.433. The van der Waals surface area contributed by atoms with Crippen molar-refractivity contribution < 1.29 is 16.6 Å². The Bertz CT molecular complexity index is 349. The average Bonchev–Trinajstić information content (AvgIpc) is 2.05. The molecule has 0 fully saturated rings. The highest BCUT2D eigenvalue weighted by Crippen LogP contribution is 1.98. The van der Waals surface area contributed by atoms with Gasteiger partial charge in [0, 0.05) is 5.48 Å². The molecule has 0 unspecified atom stereocenters. The van der Waals surface area contributed by atoms with Gasteiger partial charge in [0.2, 0.25) is 0 Å². The Morgan fingerprint density at radius 1 is 1.57 bits per heavy atom. The Balaban J connectivity index is 3.58. The van der Waals surface area contributed by atoms with Crippen LogP contribution in [-0.2, 0) is 9.84 Å². The first kappa shape index (κ1) is 1.35. The van der Waals surface area contributed by atoms with E-state index in [0.29, 0.717) is 0 Å². The van der Waals surface area contributed by atoms with Crippen molar-refractivity contribution in [1.29, 1.82) is 0 Å². The van der Waals surface area contributed by atoms with Crippen molar-refractivity contribution in [2.24, 2.45) is 0 Å². The van der Waals surface area contributed by atoms with E-state index >= 15 is 0 Å². The first-order chi connectivity index (χ1) is 5.57. The van der Waals surface area contributed by atoms with E-state index in [0.717, 1.165) is 0 Å². The number of rotatable bonds is 0. The zero-order valence-electron chi connectivity index (χ0n) is 9.22. The van der Waals surface area contributed by atoms with Crippen LogP contribution in [0.2, 0.25) is 0 Å². The Kier molecular flexibility index (Phi) is 0.256. The molecule has 1 heterocycles. The normalized spacial score (nSPS) is 55.4. The molecule has 3 heteroatoms. The largest absolute Gasteiger partial charge is 0.228 e. The van der Waals surface area contributed by atoms with Gasteiger partial charge < -0.3 is 0 Å². The molecular formula is C4H6O2S. The Labute approximate surface area is 51.2 Å². The minimum Gasteiger partial charge on any atom is -0.228 e. The van der Waals surface area contributed by atoms with Crippen LogP contribution in [0.25, 0.3) is 0 Å². The topological polar surface area (TPSA) is 34.1 Å². The minimum absolute atomic E-state index is 1.13. The van der Waals surface area contributed by atoms with Gasteiger partial charge in [-0.05, 0) is 0 Å². The molecule has 0 atom stereocenters. The molecule has 40 valence electrons. The van der Waals surface area contributed by atoms with Crippen LogP contribution in [0.3, 0.4) is 0 Å². The quantitative estimate of drug-likeness (QED) is 0.425. The van der Waals surface area contributed by atoms with E-state index in [1.165, 1.54) is 0 Å². The summed E-state index contributed by atoms with van der Waals surface area (Å²) in [4.78, 5) is 0. The smallest absolute Gasteiger partial charge is 0.157 e. The van der Waals surface area contributed by atoms with Gasteiger partial charge in [-0.1, -0.05) is 12.1 Å². The van der Waals surface area contributed by atoms with Gasteiger partial charge in [-0.3, -0.25) is 0 Å². The highest BCUT2D eigenvalue weighted by Gasteiger charge is 2.09. The molecule has 1 aliphatic heterocycles. The maximum Gasteiger partial charge on any atom is 0.157 e. The SMILES string of the molecule is [2H]C1=C([2H])C([2H])([2H])S(=O)(=O)C1([2H])[2H]. The lowest BCUT2D eigenvalue weighted by Crippen LogP contribution is -1.99. The Morgan fingerprint density at radius 2 is 2.00 bits per heavy atom. The lowest BCUT2D eigenvalue weighted by atomic mass is 10.6. The van der Waals surface area contributed by atoms with E-state index in [9.17, 15) is 8.42 Å². The molecule has 0 radical (unpaired) electrons. The van der Waals surface area contributed by atoms with Crippen LogP contribution in [0.1, 0.15) is 8.22 Å². The summed E-state index contributed by atoms with van der Waals surface area (Å²) < 4.78 is 64.0. The molecule has 0 N–H and O–H groups in total. The first-order valence-electron chi connectivity index (χ1n) is 4.49. The molecule has 0 aromatic rings. The molecule has 0 saturated heterocycles. The Morgan fingerprint density at radius 3 is 2.14 bits per heavy atom. The van der Waals surface area contributed by atoms with Crippen molar-refractivity contribution in [3.8, 4) is 0 Å². The van der Waals surface area contributed by atoms with Gasteiger partial charge in [0.25, 0.3) is 0 Å². The zero-order chi connectivity index (χ0) is 10.7. The van der Waals surface area contributed by atoms with Gasteiger partial charge in [0.1, 0.15) is 0 Å². The molecule has 0 aliphatic carbocycles. The molecule has 0 spiro atoms. The van der Waals surface area contributed by atoms with Crippen molar-refractivity contribution in [3.05, 3.63) is 12.1 Å². The van der Waals surface area contributed by atoms with Crippen molar-refractivity contribution in [3.63, 3.8) is 0 Å². The molecule has 1 aliphatic rings. The summed E-state index contributed by atoms with van der Waals surface area (Å²) >= 11 is 0. The molecular weight excluding hydrogens is 112 g/mol. The number of hydrogen-bond acceptors (Lipinski definition) is 2. The van der Waals surface area contributed by atoms with Gasteiger partial charge in [-0.25, -0.2) is 8.42 Å². The number of sulfone groups is 1. The van der Waals surface area contributed by atoms with E-state index in [-0.39, 0.29) is 0 Å². The molecule has 0 aromatic carbocycles. The zero-order valence-corrected chi connectivity index (χ0v) is 4.04. The van der Waals surface area contributed by atoms with E-state index < -0.39 is 33.4 Å². The molecule has 0 saturated carbocycles. The minimum atomic E-state index is -4.78. The van der Waals surface area contributed by atoms with Crippen LogP contribution in [-0.4, -0.2) is 19.8 Å². The highest BCUT2D eigenvalue weighted by molar-refractivity contribution is 7.91. The van der Waals surface area contributed by atoms with Crippen molar-refractivity contribution >= 4 is 9.84 Å². The van der Waals surface area contributed by atoms with Crippen LogP contribution in [0, 0.1) is 0 Å². The van der Waals surface area contributed by atoms with Crippen LogP contribution in [0.5, 0.6) is 0 Å². The van der Waals surface area contributed by atoms with Gasteiger partial charge in [-0.15, -0.1) is 0 Å². The van der Waals surface area contributed by atoms with Crippen LogP contribution >= 0.6 is 0 Å². The average molecular weight is 124 g/mol. The van der Waals surface area contributed by atoms with Crippen molar-refractivity contribution in [2.75, 3.05) is 11.4 Å². The fraction of sp³-hybridized carbons (Fsp3) is 0.500. The second-order valence-corrected chi connectivity index (χ2v) is 2.37. The second-order valence-electron chi connectivity index (χ2n) is 0.958. The second kappa shape index (κ2) is 1.33. The summed E-state index contributed by atoms with van der Waals surface area (Å²) in [7, 11) is -4.78. The third-order valence-corrected chi connectivity index (χ3v) is 1.17. The van der Waals surface area contributed by atoms with Crippen LogP contribution in [0.4, 0.5) is 0 Å². The van der Waals surface area contributed by atoms with Crippen molar-refractivity contribution in [1.82, 2.24) is 0 Å². The summed E-state index contributed by atoms with van der Waals surface area (Å²) in [6, 6.07) is -2.25. The van der Waals surface area contributed by atoms with Gasteiger partial charge >= 0.3 is 0 Å². The third kappa shape index (κ3) is 1.03. The highest BCUT2D eigenvalue weighted by atomic mass is 32.2. The molecule has 2 nitrogen and oxygen atoms in total. The van der Waals surface area contributed by atoms with E-state index in [2.05, 4.69) is 0 Å². The monoisotopic (exact) mass is 124 g/mol. The van der Waals surface area contributed by atoms with E-state index in [4.69, 9.17) is 8.22 Å². The lowest BCUT2D eigenvalue weighted by Gasteiger charge is -1.82. The van der Waals surface area contributed by atoms with Gasteiger partial charge in [0.05, 0.1) is 14.2 Å². The molecule has 7 heavy (non-hydrogen) atoms. The van der Waals surface area contributed by atoms with E-state index in [1.807, 2.05) is 0 Å². The van der Waals surface area contributed by atoms with Crippen LogP contribution < -0.4 is 0 Å². The van der Waals surface area contributed by atoms with Gasteiger partial charge in [-0.2, -0.15) is 0 Å². The fourth-order valence-electron chi connectivity index (χ4n) is 0.211. The Hall–Kier alpha value is -0.310. The van der Waals surface area contributed by atoms with Gasteiger partial charge in [0.15, 0.2) is 9.84 Å². The van der Waals surface area contributed by atoms with Crippen molar-refractivity contribution in [2.45, 2.75) is 0 Å². The standard InChI is InChI=1S/C4H6O2S/c5-7(6)3-1-2-4-7/h1-2H,3-4H2/i1D,2D,3D2,4D2. The first-order valence-corrected chi connectivity index (χ1v) is 2.97. The summed E-state index contributed by atoms with van der Waals surface area (Å²) in [5.74, 6) is 0. The van der Waals surface area contributed by atoms with Crippen LogP contribution in [0.15, 0.2) is 12.1 Å². The van der Waals surface area contributed by atoms with E-state index in [1.54, 1.807) is 0 Å². The molecule has 0 bridgehead atoms. The summed E-state index contributed by atoms with van der Waals surface area (Å²) in [6.45, 7) is 0. The lowest BCUT2D eigenvalue weighted by molar-refractivity contribution is 0.603. The summed E-state index contributed by atoms with van der Waals surface area (Å²) in [5.41, 5.74) is -6.18. The maximum absolute atomic E-state index is 11.1. The predicted molar refractivity (Wildman–Crippen MR) is 27.8 cm³/mol. The maximum atomic E-state index is 11.1. The summed E-state index contributed by atoms with van der Waals surface area (Å²) in [5, 5.41) is 0. The predicted octanol–water partition coefficient (Wildman–Crippen LogP) is -0.0290. The molecule has 0 aromatic heterocycles.